The second-order valence-corrected chi connectivity index (χ2v) is 5.56. The van der Waals surface area contributed by atoms with Crippen LogP contribution in [0.25, 0.3) is 0 Å². The number of H-pyrrole nitrogens is 1. The van der Waals surface area contributed by atoms with Crippen molar-refractivity contribution in [3.63, 3.8) is 0 Å². The van der Waals surface area contributed by atoms with Gasteiger partial charge in [0.05, 0.1) is 18.8 Å². The van der Waals surface area contributed by atoms with Gasteiger partial charge in [0.2, 0.25) is 0 Å². The summed E-state index contributed by atoms with van der Waals surface area (Å²) in [6.07, 6.45) is 1.09. The highest BCUT2D eigenvalue weighted by Crippen LogP contribution is 2.27. The van der Waals surface area contributed by atoms with E-state index >= 15 is 0 Å². The van der Waals surface area contributed by atoms with Crippen molar-refractivity contribution in [2.24, 2.45) is 0 Å². The van der Waals surface area contributed by atoms with Gasteiger partial charge in [-0.2, -0.15) is 0 Å². The highest BCUT2D eigenvalue weighted by atomic mass is 16.5. The number of nitrogens with zero attached hydrogens (tertiary/aromatic N) is 1. The van der Waals surface area contributed by atoms with Gasteiger partial charge >= 0.3 is 5.69 Å². The number of aliphatic hydroxyl groups excluding tert-OH is 1. The van der Waals surface area contributed by atoms with Gasteiger partial charge in [-0.15, -0.1) is 0 Å². The molecule has 1 aromatic carbocycles. The molecule has 0 amide bonds. The summed E-state index contributed by atoms with van der Waals surface area (Å²) in [7, 11) is 0. The van der Waals surface area contributed by atoms with Gasteiger partial charge in [0.1, 0.15) is 0 Å². The monoisotopic (exact) mass is 317 g/mol. The Morgan fingerprint density at radius 2 is 2.04 bits per heavy atom. The summed E-state index contributed by atoms with van der Waals surface area (Å²) in [5.74, 6) is 0. The number of nitrogens with one attached hydrogen (secondary N) is 2. The molecule has 2 aromatic rings. The van der Waals surface area contributed by atoms with Gasteiger partial charge in [-0.05, 0) is 12.0 Å². The van der Waals surface area contributed by atoms with Crippen molar-refractivity contribution in [3.8, 4) is 0 Å². The molecule has 0 unspecified atom stereocenters. The molecule has 0 aliphatic carbocycles. The van der Waals surface area contributed by atoms with Gasteiger partial charge in [0, 0.05) is 18.8 Å². The van der Waals surface area contributed by atoms with E-state index in [0.29, 0.717) is 13.0 Å². The molecule has 23 heavy (non-hydrogen) atoms. The molecule has 3 rings (SSSR count). The van der Waals surface area contributed by atoms with Crippen LogP contribution < -0.4 is 16.6 Å². The summed E-state index contributed by atoms with van der Waals surface area (Å²) in [6.45, 7) is 0.514. The molecule has 2 heterocycles. The SMILES string of the molecule is O=c1ccn([C@@H]2O[C@H](CO)C[C@H]2NCc2ccccc2)c(=O)[nH]1. The Balaban J connectivity index is 1.78. The summed E-state index contributed by atoms with van der Waals surface area (Å²) in [5, 5.41) is 12.7. The first kappa shape index (κ1) is 15.7. The zero-order valence-corrected chi connectivity index (χ0v) is 12.5. The molecule has 1 aromatic heterocycles. The van der Waals surface area contributed by atoms with Crippen LogP contribution in [0, 0.1) is 0 Å². The molecule has 0 bridgehead atoms. The number of benzene rings is 1. The Bertz CT molecular complexity index is 756. The predicted molar refractivity (Wildman–Crippen MR) is 84.0 cm³/mol. The van der Waals surface area contributed by atoms with E-state index < -0.39 is 17.5 Å². The lowest BCUT2D eigenvalue weighted by Gasteiger charge is -2.21. The largest absolute Gasteiger partial charge is 0.394 e. The van der Waals surface area contributed by atoms with Crippen molar-refractivity contribution >= 4 is 0 Å². The average Bonchev–Trinajstić information content (AvgIpc) is 2.97. The first-order valence-corrected chi connectivity index (χ1v) is 7.52. The summed E-state index contributed by atoms with van der Waals surface area (Å²) in [6, 6.07) is 11.0. The standard InChI is InChI=1S/C16H19N3O4/c20-10-12-8-13(17-9-11-4-2-1-3-5-11)15(23-12)19-7-6-14(21)18-16(19)22/h1-7,12-13,15,17,20H,8-10H2,(H,18,21,22)/t12-,13+,15+/m0/s1. The molecule has 7 heteroatoms. The van der Waals surface area contributed by atoms with Crippen molar-refractivity contribution in [3.05, 3.63) is 69.0 Å². The lowest BCUT2D eigenvalue weighted by molar-refractivity contribution is -0.0306. The van der Waals surface area contributed by atoms with E-state index in [1.54, 1.807) is 0 Å². The Morgan fingerprint density at radius 1 is 1.26 bits per heavy atom. The molecule has 0 radical (unpaired) electrons. The molecular formula is C16H19N3O4. The van der Waals surface area contributed by atoms with Gasteiger partial charge in [-0.1, -0.05) is 30.3 Å². The molecule has 1 saturated heterocycles. The zero-order chi connectivity index (χ0) is 16.2. The third-order valence-electron chi connectivity index (χ3n) is 3.93. The second-order valence-electron chi connectivity index (χ2n) is 5.56. The van der Waals surface area contributed by atoms with Gasteiger partial charge in [-0.25, -0.2) is 4.79 Å². The van der Waals surface area contributed by atoms with Crippen molar-refractivity contribution in [2.45, 2.75) is 31.3 Å². The summed E-state index contributed by atoms with van der Waals surface area (Å²) < 4.78 is 7.09. The van der Waals surface area contributed by atoms with E-state index in [9.17, 15) is 14.7 Å². The van der Waals surface area contributed by atoms with Crippen LogP contribution in [0.3, 0.4) is 0 Å². The lowest BCUT2D eigenvalue weighted by atomic mass is 10.1. The van der Waals surface area contributed by atoms with Crippen molar-refractivity contribution in [1.82, 2.24) is 14.9 Å². The minimum absolute atomic E-state index is 0.113. The Kier molecular flexibility index (Phi) is 4.71. The smallest absolute Gasteiger partial charge is 0.330 e. The van der Waals surface area contributed by atoms with Gasteiger partial charge in [0.25, 0.3) is 5.56 Å². The maximum Gasteiger partial charge on any atom is 0.330 e. The van der Waals surface area contributed by atoms with Gasteiger partial charge in [-0.3, -0.25) is 14.3 Å². The fourth-order valence-electron chi connectivity index (χ4n) is 2.78. The van der Waals surface area contributed by atoms with Crippen molar-refractivity contribution < 1.29 is 9.84 Å². The number of hydrogen-bond acceptors (Lipinski definition) is 5. The fraction of sp³-hybridized carbons (Fsp3) is 0.375. The van der Waals surface area contributed by atoms with Crippen LogP contribution in [0.1, 0.15) is 18.2 Å². The van der Waals surface area contributed by atoms with E-state index in [0.717, 1.165) is 5.56 Å². The average molecular weight is 317 g/mol. The highest BCUT2D eigenvalue weighted by molar-refractivity contribution is 5.14. The molecule has 1 fully saturated rings. The number of ether oxygens (including phenoxy) is 1. The molecule has 3 N–H and O–H groups in total. The van der Waals surface area contributed by atoms with Gasteiger partial charge < -0.3 is 15.2 Å². The number of aliphatic hydroxyl groups is 1. The topological polar surface area (TPSA) is 96.3 Å². The fourth-order valence-corrected chi connectivity index (χ4v) is 2.78. The third-order valence-corrected chi connectivity index (χ3v) is 3.93. The third kappa shape index (κ3) is 3.58. The number of aromatic nitrogens is 2. The van der Waals surface area contributed by atoms with Crippen LogP contribution in [0.2, 0.25) is 0 Å². The Labute approximate surface area is 132 Å². The molecule has 122 valence electrons. The van der Waals surface area contributed by atoms with E-state index in [-0.39, 0.29) is 18.8 Å². The molecule has 7 nitrogen and oxygen atoms in total. The summed E-state index contributed by atoms with van der Waals surface area (Å²) >= 11 is 0. The van der Waals surface area contributed by atoms with E-state index in [2.05, 4.69) is 10.3 Å². The van der Waals surface area contributed by atoms with Crippen LogP contribution in [0.5, 0.6) is 0 Å². The zero-order valence-electron chi connectivity index (χ0n) is 12.5. The second kappa shape index (κ2) is 6.91. The predicted octanol–water partition coefficient (Wildman–Crippen LogP) is -0.0252. The van der Waals surface area contributed by atoms with Crippen LogP contribution in [0.15, 0.2) is 52.2 Å². The summed E-state index contributed by atoms with van der Waals surface area (Å²) in [4.78, 5) is 25.4. The van der Waals surface area contributed by atoms with Crippen molar-refractivity contribution in [2.75, 3.05) is 6.61 Å². The minimum Gasteiger partial charge on any atom is -0.394 e. The van der Waals surface area contributed by atoms with Crippen LogP contribution in [0.4, 0.5) is 0 Å². The van der Waals surface area contributed by atoms with E-state index in [4.69, 9.17) is 4.74 Å². The first-order chi connectivity index (χ1) is 11.2. The number of hydrogen-bond donors (Lipinski definition) is 3. The quantitative estimate of drug-likeness (QED) is 0.720. The molecule has 3 atom stereocenters. The normalized spacial score (nSPS) is 24.0. The molecule has 1 aliphatic rings. The summed E-state index contributed by atoms with van der Waals surface area (Å²) in [5.41, 5.74) is 0.150. The first-order valence-electron chi connectivity index (χ1n) is 7.52. The highest BCUT2D eigenvalue weighted by Gasteiger charge is 2.36. The van der Waals surface area contributed by atoms with Crippen LogP contribution in [-0.4, -0.2) is 33.4 Å². The van der Waals surface area contributed by atoms with E-state index in [1.165, 1.54) is 16.8 Å². The number of aromatic amines is 1. The lowest BCUT2D eigenvalue weighted by Crippen LogP contribution is -2.40. The van der Waals surface area contributed by atoms with Crippen LogP contribution in [-0.2, 0) is 11.3 Å². The van der Waals surface area contributed by atoms with E-state index in [1.807, 2.05) is 30.3 Å². The van der Waals surface area contributed by atoms with Crippen LogP contribution >= 0.6 is 0 Å². The Hall–Kier alpha value is -2.22. The maximum absolute atomic E-state index is 12.0. The Morgan fingerprint density at radius 3 is 2.74 bits per heavy atom. The number of rotatable bonds is 5. The van der Waals surface area contributed by atoms with Crippen molar-refractivity contribution in [1.29, 1.82) is 0 Å². The molecule has 0 saturated carbocycles. The van der Waals surface area contributed by atoms with Gasteiger partial charge in [0.15, 0.2) is 6.23 Å². The minimum atomic E-state index is -0.569. The molecule has 0 spiro atoms. The maximum atomic E-state index is 12.0. The molecular weight excluding hydrogens is 298 g/mol. The molecule has 1 aliphatic heterocycles.